The second kappa shape index (κ2) is 4.35. The van der Waals surface area contributed by atoms with E-state index in [-0.39, 0.29) is 11.3 Å². The fourth-order valence-electron chi connectivity index (χ4n) is 1.02. The average molecular weight is 249 g/mol. The number of carbonyl (C=O) groups excluding carboxylic acids is 1. The van der Waals surface area contributed by atoms with Crippen molar-refractivity contribution in [3.63, 3.8) is 0 Å². The van der Waals surface area contributed by atoms with Crippen molar-refractivity contribution in [1.29, 1.82) is 0 Å². The molecule has 0 aliphatic rings. The first-order valence-electron chi connectivity index (χ1n) is 3.95. The van der Waals surface area contributed by atoms with Crippen LogP contribution in [-0.2, 0) is 15.2 Å². The summed E-state index contributed by atoms with van der Waals surface area (Å²) < 4.78 is 41.0. The van der Waals surface area contributed by atoms with Gasteiger partial charge in [0.1, 0.15) is 5.75 Å². The SMILES string of the molecule is COC(=O)c1cc(N)cc(OS(=O)(=O)F)c1. The normalized spacial score (nSPS) is 10.9. The van der Waals surface area contributed by atoms with Gasteiger partial charge in [0.2, 0.25) is 0 Å². The van der Waals surface area contributed by atoms with E-state index in [0.29, 0.717) is 0 Å². The van der Waals surface area contributed by atoms with E-state index in [2.05, 4.69) is 8.92 Å². The molecule has 0 spiro atoms. The Morgan fingerprint density at radius 3 is 2.50 bits per heavy atom. The van der Waals surface area contributed by atoms with E-state index in [1.807, 2.05) is 0 Å². The summed E-state index contributed by atoms with van der Waals surface area (Å²) in [7, 11) is -4.01. The summed E-state index contributed by atoms with van der Waals surface area (Å²) in [5.41, 5.74) is 5.37. The molecule has 0 saturated carbocycles. The van der Waals surface area contributed by atoms with E-state index in [0.717, 1.165) is 19.2 Å². The predicted octanol–water partition coefficient (Wildman–Crippen LogP) is 0.648. The molecule has 0 aromatic heterocycles. The van der Waals surface area contributed by atoms with Crippen LogP contribution in [0.15, 0.2) is 18.2 Å². The molecule has 0 amide bonds. The van der Waals surface area contributed by atoms with Gasteiger partial charge in [0.05, 0.1) is 12.7 Å². The van der Waals surface area contributed by atoms with Crippen LogP contribution in [0.3, 0.4) is 0 Å². The van der Waals surface area contributed by atoms with Crippen LogP contribution < -0.4 is 9.92 Å². The van der Waals surface area contributed by atoms with Gasteiger partial charge in [0.15, 0.2) is 0 Å². The molecule has 0 bridgehead atoms. The van der Waals surface area contributed by atoms with Gasteiger partial charge in [-0.25, -0.2) is 4.79 Å². The number of nitrogen functional groups attached to an aromatic ring is 1. The number of benzene rings is 1. The molecule has 16 heavy (non-hydrogen) atoms. The smallest absolute Gasteiger partial charge is 0.465 e. The molecule has 0 aliphatic carbocycles. The number of nitrogens with two attached hydrogens (primary N) is 1. The van der Waals surface area contributed by atoms with E-state index in [1.54, 1.807) is 0 Å². The summed E-state index contributed by atoms with van der Waals surface area (Å²) in [6.07, 6.45) is 0. The van der Waals surface area contributed by atoms with E-state index >= 15 is 0 Å². The maximum absolute atomic E-state index is 12.2. The van der Waals surface area contributed by atoms with E-state index in [9.17, 15) is 17.1 Å². The average Bonchev–Trinajstić information content (AvgIpc) is 2.12. The number of anilines is 1. The maximum atomic E-state index is 12.2. The van der Waals surface area contributed by atoms with Crippen molar-refractivity contribution in [2.24, 2.45) is 0 Å². The molecule has 0 heterocycles. The minimum Gasteiger partial charge on any atom is -0.465 e. The molecule has 1 rings (SSSR count). The van der Waals surface area contributed by atoms with Gasteiger partial charge in [0, 0.05) is 11.8 Å². The highest BCUT2D eigenvalue weighted by atomic mass is 32.3. The summed E-state index contributed by atoms with van der Waals surface area (Å²) in [4.78, 5) is 11.1. The van der Waals surface area contributed by atoms with Gasteiger partial charge in [-0.2, -0.15) is 8.42 Å². The standard InChI is InChI=1S/C8H8FNO5S/c1-14-8(11)5-2-6(10)4-7(3-5)15-16(9,12)13/h2-4H,10H2,1H3. The van der Waals surface area contributed by atoms with Crippen molar-refractivity contribution in [2.45, 2.75) is 0 Å². The highest BCUT2D eigenvalue weighted by Crippen LogP contribution is 2.21. The summed E-state index contributed by atoms with van der Waals surface area (Å²) in [5, 5.41) is 0. The van der Waals surface area contributed by atoms with Crippen LogP contribution in [0.5, 0.6) is 5.75 Å². The van der Waals surface area contributed by atoms with E-state index in [4.69, 9.17) is 5.73 Å². The van der Waals surface area contributed by atoms with Crippen LogP contribution in [0, 0.1) is 0 Å². The topological polar surface area (TPSA) is 95.7 Å². The molecule has 0 radical (unpaired) electrons. The first-order valence-corrected chi connectivity index (χ1v) is 5.25. The second-order valence-corrected chi connectivity index (χ2v) is 3.71. The molecule has 2 N–H and O–H groups in total. The lowest BCUT2D eigenvalue weighted by molar-refractivity contribution is 0.0600. The molecular weight excluding hydrogens is 241 g/mol. The third-order valence-corrected chi connectivity index (χ3v) is 1.94. The molecule has 0 fully saturated rings. The van der Waals surface area contributed by atoms with Crippen molar-refractivity contribution in [1.82, 2.24) is 0 Å². The Morgan fingerprint density at radius 1 is 1.38 bits per heavy atom. The van der Waals surface area contributed by atoms with Crippen molar-refractivity contribution in [2.75, 3.05) is 12.8 Å². The van der Waals surface area contributed by atoms with Gasteiger partial charge in [-0.1, -0.05) is 3.89 Å². The minimum atomic E-state index is -5.15. The molecule has 1 aromatic carbocycles. The van der Waals surface area contributed by atoms with Crippen molar-refractivity contribution in [3.05, 3.63) is 23.8 Å². The lowest BCUT2D eigenvalue weighted by atomic mass is 10.2. The Morgan fingerprint density at radius 2 is 2.00 bits per heavy atom. The van der Waals surface area contributed by atoms with E-state index in [1.165, 1.54) is 6.07 Å². The van der Waals surface area contributed by atoms with E-state index < -0.39 is 22.2 Å². The first kappa shape index (κ1) is 12.2. The van der Waals surface area contributed by atoms with Gasteiger partial charge in [-0.3, -0.25) is 0 Å². The van der Waals surface area contributed by atoms with Gasteiger partial charge >= 0.3 is 16.5 Å². The van der Waals surface area contributed by atoms with Gasteiger partial charge in [-0.05, 0) is 12.1 Å². The van der Waals surface area contributed by atoms with Crippen LogP contribution in [0.4, 0.5) is 9.57 Å². The Bertz CT molecular complexity index is 513. The Balaban J connectivity index is 3.13. The zero-order valence-electron chi connectivity index (χ0n) is 8.14. The lowest BCUT2D eigenvalue weighted by Gasteiger charge is -2.04. The largest absolute Gasteiger partial charge is 0.488 e. The molecule has 1 aromatic rings. The Kier molecular flexibility index (Phi) is 3.33. The van der Waals surface area contributed by atoms with Crippen molar-refractivity contribution in [3.8, 4) is 5.75 Å². The molecule has 0 saturated heterocycles. The predicted molar refractivity (Wildman–Crippen MR) is 52.8 cm³/mol. The molecule has 0 atom stereocenters. The summed E-state index contributed by atoms with van der Waals surface area (Å²) in [5.74, 6) is -1.14. The number of hydrogen-bond acceptors (Lipinski definition) is 6. The number of esters is 1. The molecule has 6 nitrogen and oxygen atoms in total. The quantitative estimate of drug-likeness (QED) is 0.480. The highest BCUT2D eigenvalue weighted by molar-refractivity contribution is 7.81. The van der Waals surface area contributed by atoms with Crippen LogP contribution in [0.25, 0.3) is 0 Å². The third kappa shape index (κ3) is 3.39. The van der Waals surface area contributed by atoms with Gasteiger partial charge in [-0.15, -0.1) is 0 Å². The molecule has 8 heteroatoms. The molecule has 88 valence electrons. The fourth-order valence-corrected chi connectivity index (χ4v) is 1.35. The van der Waals surface area contributed by atoms with Gasteiger partial charge in [0.25, 0.3) is 0 Å². The molecular formula is C8H8FNO5S. The fraction of sp³-hybridized carbons (Fsp3) is 0.125. The van der Waals surface area contributed by atoms with Crippen LogP contribution >= 0.6 is 0 Å². The summed E-state index contributed by atoms with van der Waals surface area (Å²) in [6, 6.07) is 3.30. The summed E-state index contributed by atoms with van der Waals surface area (Å²) in [6.45, 7) is 0. The number of rotatable bonds is 3. The Labute approximate surface area is 91.2 Å². The number of ether oxygens (including phenoxy) is 1. The van der Waals surface area contributed by atoms with Crippen molar-refractivity contribution >= 4 is 22.2 Å². The van der Waals surface area contributed by atoms with Crippen LogP contribution in [0.1, 0.15) is 10.4 Å². The third-order valence-electron chi connectivity index (χ3n) is 1.55. The summed E-state index contributed by atoms with van der Waals surface area (Å²) >= 11 is 0. The monoisotopic (exact) mass is 249 g/mol. The molecule has 0 aliphatic heterocycles. The molecule has 0 unspecified atom stereocenters. The van der Waals surface area contributed by atoms with Gasteiger partial charge < -0.3 is 14.7 Å². The maximum Gasteiger partial charge on any atom is 0.488 e. The van der Waals surface area contributed by atoms with Crippen LogP contribution in [0.2, 0.25) is 0 Å². The highest BCUT2D eigenvalue weighted by Gasteiger charge is 2.13. The number of hydrogen-bond donors (Lipinski definition) is 1. The zero-order chi connectivity index (χ0) is 12.3. The van der Waals surface area contributed by atoms with Crippen LogP contribution in [-0.4, -0.2) is 21.5 Å². The Hall–Kier alpha value is -1.83. The number of carbonyl (C=O) groups is 1. The number of methoxy groups -OCH3 is 1. The first-order chi connectivity index (χ1) is 7.31. The lowest BCUT2D eigenvalue weighted by Crippen LogP contribution is -2.06. The second-order valence-electron chi connectivity index (χ2n) is 2.76. The minimum absolute atomic E-state index is 0.0406. The zero-order valence-corrected chi connectivity index (χ0v) is 8.95. The van der Waals surface area contributed by atoms with Crippen molar-refractivity contribution < 1.29 is 26.0 Å². The number of halogens is 1.